The topological polar surface area (TPSA) is 78.9 Å². The highest BCUT2D eigenvalue weighted by molar-refractivity contribution is 6.01. The van der Waals surface area contributed by atoms with Gasteiger partial charge in [0, 0.05) is 24.2 Å². The van der Waals surface area contributed by atoms with E-state index in [0.717, 1.165) is 12.8 Å². The Balaban J connectivity index is 2.15. The first kappa shape index (κ1) is 14.4. The molecule has 0 aromatic heterocycles. The lowest BCUT2D eigenvalue weighted by Gasteiger charge is -2.31. The molecule has 2 rings (SSSR count). The Labute approximate surface area is 119 Å². The highest BCUT2D eigenvalue weighted by atomic mass is 16.4. The molecule has 1 aliphatic rings. The summed E-state index contributed by atoms with van der Waals surface area (Å²) in [7, 11) is 1.86. The third-order valence-corrected chi connectivity index (χ3v) is 3.96. The summed E-state index contributed by atoms with van der Waals surface area (Å²) >= 11 is 0. The molecule has 0 bridgehead atoms. The number of rotatable bonds is 3. The van der Waals surface area contributed by atoms with Crippen LogP contribution in [0.25, 0.3) is 0 Å². The van der Waals surface area contributed by atoms with Crippen LogP contribution in [0.5, 0.6) is 0 Å². The van der Waals surface area contributed by atoms with Gasteiger partial charge in [0.05, 0.1) is 0 Å². The molecule has 1 aromatic rings. The zero-order valence-electron chi connectivity index (χ0n) is 11.7. The molecule has 1 aliphatic carbocycles. The maximum absolute atomic E-state index is 12.5. The monoisotopic (exact) mass is 275 g/mol. The molecule has 0 radical (unpaired) electrons. The first-order valence-electron chi connectivity index (χ1n) is 6.98. The Morgan fingerprint density at radius 1 is 1.30 bits per heavy atom. The number of nitrogens with zero attached hydrogens (tertiary/aromatic N) is 2. The van der Waals surface area contributed by atoms with Gasteiger partial charge in [0.15, 0.2) is 5.84 Å². The number of carbonyl (C=O) groups is 1. The van der Waals surface area contributed by atoms with Crippen molar-refractivity contribution in [2.45, 2.75) is 38.1 Å². The van der Waals surface area contributed by atoms with E-state index in [2.05, 4.69) is 5.16 Å². The van der Waals surface area contributed by atoms with E-state index in [1.54, 1.807) is 24.3 Å². The first-order valence-corrected chi connectivity index (χ1v) is 6.98. The molecule has 0 unspecified atom stereocenters. The Morgan fingerprint density at radius 3 is 2.60 bits per heavy atom. The Kier molecular flexibility index (Phi) is 4.61. The van der Waals surface area contributed by atoms with Crippen molar-refractivity contribution in [2.75, 3.05) is 7.05 Å². The quantitative estimate of drug-likeness (QED) is 0.384. The smallest absolute Gasteiger partial charge is 0.253 e. The van der Waals surface area contributed by atoms with Gasteiger partial charge in [-0.05, 0) is 25.0 Å². The van der Waals surface area contributed by atoms with E-state index in [4.69, 9.17) is 10.9 Å². The van der Waals surface area contributed by atoms with Crippen molar-refractivity contribution in [3.63, 3.8) is 0 Å². The summed E-state index contributed by atoms with van der Waals surface area (Å²) in [6, 6.07) is 7.21. The number of amidine groups is 1. The van der Waals surface area contributed by atoms with Crippen molar-refractivity contribution >= 4 is 11.7 Å². The molecular weight excluding hydrogens is 254 g/mol. The van der Waals surface area contributed by atoms with Gasteiger partial charge in [0.25, 0.3) is 5.91 Å². The second-order valence-electron chi connectivity index (χ2n) is 5.27. The van der Waals surface area contributed by atoms with Gasteiger partial charge in [-0.2, -0.15) is 0 Å². The predicted octanol–water partition coefficient (Wildman–Crippen LogP) is 2.19. The van der Waals surface area contributed by atoms with E-state index >= 15 is 0 Å². The minimum atomic E-state index is -0.00973. The summed E-state index contributed by atoms with van der Waals surface area (Å²) in [5, 5.41) is 11.7. The third-order valence-electron chi connectivity index (χ3n) is 3.96. The molecular formula is C15H21N3O2. The molecule has 0 atom stereocenters. The number of carbonyl (C=O) groups excluding carboxylic acids is 1. The van der Waals surface area contributed by atoms with Gasteiger partial charge in [-0.15, -0.1) is 0 Å². The SMILES string of the molecule is CN(C(=O)c1cccc(/C(N)=N/O)c1)C1CCCCC1. The average molecular weight is 275 g/mol. The van der Waals surface area contributed by atoms with Crippen LogP contribution in [0.15, 0.2) is 29.4 Å². The minimum Gasteiger partial charge on any atom is -0.409 e. The van der Waals surface area contributed by atoms with Crippen LogP contribution in [0.3, 0.4) is 0 Å². The fourth-order valence-corrected chi connectivity index (χ4v) is 2.71. The molecule has 5 nitrogen and oxygen atoms in total. The summed E-state index contributed by atoms with van der Waals surface area (Å²) in [6.45, 7) is 0. The van der Waals surface area contributed by atoms with Crippen molar-refractivity contribution < 1.29 is 10.0 Å². The molecule has 108 valence electrons. The second kappa shape index (κ2) is 6.41. The van der Waals surface area contributed by atoms with Gasteiger partial charge in [-0.3, -0.25) is 4.79 Å². The highest BCUT2D eigenvalue weighted by Crippen LogP contribution is 2.23. The van der Waals surface area contributed by atoms with Gasteiger partial charge in [-0.1, -0.05) is 36.6 Å². The molecule has 1 saturated carbocycles. The van der Waals surface area contributed by atoms with Gasteiger partial charge >= 0.3 is 0 Å². The number of hydrogen-bond acceptors (Lipinski definition) is 3. The fraction of sp³-hybridized carbons (Fsp3) is 0.467. The summed E-state index contributed by atoms with van der Waals surface area (Å²) < 4.78 is 0. The van der Waals surface area contributed by atoms with Crippen molar-refractivity contribution in [1.29, 1.82) is 0 Å². The molecule has 5 heteroatoms. The fourth-order valence-electron chi connectivity index (χ4n) is 2.71. The molecule has 20 heavy (non-hydrogen) atoms. The summed E-state index contributed by atoms with van der Waals surface area (Å²) in [6.07, 6.45) is 5.78. The van der Waals surface area contributed by atoms with E-state index < -0.39 is 0 Å². The van der Waals surface area contributed by atoms with Crippen LogP contribution < -0.4 is 5.73 Å². The lowest BCUT2D eigenvalue weighted by atomic mass is 9.94. The minimum absolute atomic E-state index is 0.00973. The Morgan fingerprint density at radius 2 is 1.95 bits per heavy atom. The molecule has 0 heterocycles. The van der Waals surface area contributed by atoms with E-state index in [0.29, 0.717) is 17.2 Å². The molecule has 3 N–H and O–H groups in total. The Bertz CT molecular complexity index is 508. The molecule has 1 fully saturated rings. The lowest BCUT2D eigenvalue weighted by Crippen LogP contribution is -2.38. The average Bonchev–Trinajstić information content (AvgIpc) is 2.53. The van der Waals surface area contributed by atoms with Crippen LogP contribution in [0.4, 0.5) is 0 Å². The number of amides is 1. The van der Waals surface area contributed by atoms with Crippen molar-refractivity contribution in [2.24, 2.45) is 10.9 Å². The number of oxime groups is 1. The van der Waals surface area contributed by atoms with Crippen LogP contribution >= 0.6 is 0 Å². The second-order valence-corrected chi connectivity index (χ2v) is 5.27. The Hall–Kier alpha value is -2.04. The molecule has 1 amide bonds. The van der Waals surface area contributed by atoms with E-state index in [-0.39, 0.29) is 11.7 Å². The number of benzene rings is 1. The van der Waals surface area contributed by atoms with Crippen molar-refractivity contribution in [3.8, 4) is 0 Å². The van der Waals surface area contributed by atoms with E-state index in [1.807, 2.05) is 11.9 Å². The molecule has 0 spiro atoms. The van der Waals surface area contributed by atoms with Crippen LogP contribution in [-0.2, 0) is 0 Å². The van der Waals surface area contributed by atoms with Crippen LogP contribution in [-0.4, -0.2) is 34.9 Å². The summed E-state index contributed by atoms with van der Waals surface area (Å²) in [5.41, 5.74) is 6.68. The third kappa shape index (κ3) is 3.10. The zero-order chi connectivity index (χ0) is 14.5. The van der Waals surface area contributed by atoms with Crippen molar-refractivity contribution in [3.05, 3.63) is 35.4 Å². The predicted molar refractivity (Wildman–Crippen MR) is 77.9 cm³/mol. The maximum atomic E-state index is 12.5. The maximum Gasteiger partial charge on any atom is 0.253 e. The first-order chi connectivity index (χ1) is 9.63. The normalized spacial score (nSPS) is 16.9. The van der Waals surface area contributed by atoms with E-state index in [9.17, 15) is 4.79 Å². The largest absolute Gasteiger partial charge is 0.409 e. The zero-order valence-corrected chi connectivity index (χ0v) is 11.7. The van der Waals surface area contributed by atoms with Gasteiger partial charge in [-0.25, -0.2) is 0 Å². The van der Waals surface area contributed by atoms with Gasteiger partial charge in [0.1, 0.15) is 0 Å². The van der Waals surface area contributed by atoms with Gasteiger partial charge < -0.3 is 15.8 Å². The molecule has 1 aromatic carbocycles. The highest BCUT2D eigenvalue weighted by Gasteiger charge is 2.23. The van der Waals surface area contributed by atoms with Crippen LogP contribution in [0.1, 0.15) is 48.0 Å². The molecule has 0 saturated heterocycles. The summed E-state index contributed by atoms with van der Waals surface area (Å²) in [4.78, 5) is 14.3. The lowest BCUT2D eigenvalue weighted by molar-refractivity contribution is 0.0696. The number of nitrogens with two attached hydrogens (primary N) is 1. The number of hydrogen-bond donors (Lipinski definition) is 2. The molecule has 0 aliphatic heterocycles. The van der Waals surface area contributed by atoms with Crippen LogP contribution in [0, 0.1) is 0 Å². The van der Waals surface area contributed by atoms with Gasteiger partial charge in [0.2, 0.25) is 0 Å². The van der Waals surface area contributed by atoms with Crippen molar-refractivity contribution in [1.82, 2.24) is 4.90 Å². The standard InChI is InChI=1S/C15H21N3O2/c1-18(13-8-3-2-4-9-13)15(19)12-7-5-6-11(10-12)14(16)17-20/h5-7,10,13,20H,2-4,8-9H2,1H3,(H2,16,17). The summed E-state index contributed by atoms with van der Waals surface area (Å²) in [5.74, 6) is 0.00413. The van der Waals surface area contributed by atoms with E-state index in [1.165, 1.54) is 19.3 Å². The van der Waals surface area contributed by atoms with Crippen LogP contribution in [0.2, 0.25) is 0 Å².